The minimum Gasteiger partial charge on any atom is -0.491 e. The summed E-state index contributed by atoms with van der Waals surface area (Å²) >= 11 is 0. The first-order valence-corrected chi connectivity index (χ1v) is 25.6. The Labute approximate surface area is 430 Å². The number of benzene rings is 4. The quantitative estimate of drug-likeness (QED) is 0.0482. The zero-order chi connectivity index (χ0) is 50.5. The van der Waals surface area contributed by atoms with Crippen LogP contribution >= 0.6 is 0 Å². The highest BCUT2D eigenvalue weighted by Gasteiger charge is 2.19. The van der Waals surface area contributed by atoms with Gasteiger partial charge in [0.05, 0.1) is 79.3 Å². The van der Waals surface area contributed by atoms with E-state index in [-0.39, 0.29) is 0 Å². The lowest BCUT2D eigenvalue weighted by molar-refractivity contribution is 0.0544. The molecule has 0 N–H and O–H groups in total. The third kappa shape index (κ3) is 25.5. The molecule has 0 unspecified atom stereocenters. The molecular weight excluding hydrogens is 921 g/mol. The molecule has 0 amide bonds. The van der Waals surface area contributed by atoms with Crippen molar-refractivity contribution in [2.45, 2.75) is 26.2 Å². The molecule has 16 heteroatoms. The standard InChI is InChI=1S/C56H84N4O12/c1-61-29-33-65-37-41-69-53-13-5-49(6-14-53)45-57-21-23-58(46-50-7-15-54(16-8-50)70-42-38-66-34-30-62-2)25-27-60(48-52-11-19-56(20-12-52)72-44-40-68-36-32-64-4)28-26-59(24-22-57)47-51-9-17-55(18-10-51)71-43-39-67-35-31-63-3/h5-20H,21-48H2,1-4H3. The van der Waals surface area contributed by atoms with Crippen molar-refractivity contribution in [3.05, 3.63) is 119 Å². The van der Waals surface area contributed by atoms with Gasteiger partial charge in [0.1, 0.15) is 49.4 Å². The Morgan fingerprint density at radius 3 is 0.611 bits per heavy atom. The molecule has 1 aliphatic heterocycles. The van der Waals surface area contributed by atoms with E-state index in [1.807, 2.05) is 0 Å². The van der Waals surface area contributed by atoms with Gasteiger partial charge in [0, 0.05) is 107 Å². The number of methoxy groups -OCH3 is 4. The van der Waals surface area contributed by atoms with Gasteiger partial charge in [-0.05, 0) is 70.8 Å². The zero-order valence-corrected chi connectivity index (χ0v) is 43.7. The molecule has 0 bridgehead atoms. The van der Waals surface area contributed by atoms with E-state index in [9.17, 15) is 0 Å². The van der Waals surface area contributed by atoms with Gasteiger partial charge in [-0.15, -0.1) is 0 Å². The lowest BCUT2D eigenvalue weighted by Gasteiger charge is -2.34. The third-order valence-corrected chi connectivity index (χ3v) is 12.0. The first-order chi connectivity index (χ1) is 35.5. The van der Waals surface area contributed by atoms with Crippen molar-refractivity contribution in [1.29, 1.82) is 0 Å². The molecule has 1 heterocycles. The third-order valence-electron chi connectivity index (χ3n) is 12.0. The number of ether oxygens (including phenoxy) is 12. The second-order valence-corrected chi connectivity index (χ2v) is 17.5. The summed E-state index contributed by atoms with van der Waals surface area (Å²) in [4.78, 5) is 10.4. The van der Waals surface area contributed by atoms with E-state index in [1.54, 1.807) is 28.4 Å². The molecule has 4 aromatic rings. The molecule has 72 heavy (non-hydrogen) atoms. The van der Waals surface area contributed by atoms with E-state index in [0.29, 0.717) is 106 Å². The monoisotopic (exact) mass is 1000 g/mol. The van der Waals surface area contributed by atoms with Crippen molar-refractivity contribution < 1.29 is 56.8 Å². The van der Waals surface area contributed by atoms with Crippen LogP contribution in [-0.2, 0) is 64.1 Å². The predicted molar refractivity (Wildman–Crippen MR) is 280 cm³/mol. The lowest BCUT2D eigenvalue weighted by atomic mass is 10.1. The summed E-state index contributed by atoms with van der Waals surface area (Å²) in [6.07, 6.45) is 0. The van der Waals surface area contributed by atoms with Crippen molar-refractivity contribution in [2.75, 3.05) is 187 Å². The van der Waals surface area contributed by atoms with Crippen molar-refractivity contribution in [1.82, 2.24) is 19.6 Å². The van der Waals surface area contributed by atoms with Crippen LogP contribution in [0.2, 0.25) is 0 Å². The van der Waals surface area contributed by atoms with Crippen molar-refractivity contribution >= 4 is 0 Å². The summed E-state index contributed by atoms with van der Waals surface area (Å²) in [6.45, 7) is 19.2. The SMILES string of the molecule is COCCOCCOc1ccc(CN2CCN(Cc3ccc(OCCOCCOC)cc3)CCN(Cc3ccc(OCCOCCOC)cc3)CCN(Cc3ccc(OCCOCCOC)cc3)CC2)cc1. The summed E-state index contributed by atoms with van der Waals surface area (Å²) in [5, 5.41) is 0. The maximum atomic E-state index is 5.99. The second kappa shape index (κ2) is 37.3. The number of hydrogen-bond donors (Lipinski definition) is 0. The fraction of sp³-hybridized carbons (Fsp3) is 0.571. The van der Waals surface area contributed by atoms with Crippen LogP contribution in [0.4, 0.5) is 0 Å². The Hall–Kier alpha value is -4.40. The topological polar surface area (TPSA) is 124 Å². The van der Waals surface area contributed by atoms with Crippen LogP contribution in [0.15, 0.2) is 97.1 Å². The maximum Gasteiger partial charge on any atom is 0.119 e. The molecule has 1 fully saturated rings. The van der Waals surface area contributed by atoms with Crippen LogP contribution in [0, 0.1) is 0 Å². The summed E-state index contributed by atoms with van der Waals surface area (Å²) in [7, 11) is 6.70. The fourth-order valence-electron chi connectivity index (χ4n) is 7.86. The highest BCUT2D eigenvalue weighted by atomic mass is 16.6. The van der Waals surface area contributed by atoms with Gasteiger partial charge >= 0.3 is 0 Å². The van der Waals surface area contributed by atoms with Gasteiger partial charge in [-0.2, -0.15) is 0 Å². The average Bonchev–Trinajstić information content (AvgIpc) is 3.40. The Morgan fingerprint density at radius 1 is 0.250 bits per heavy atom. The van der Waals surface area contributed by atoms with Crippen LogP contribution in [0.3, 0.4) is 0 Å². The van der Waals surface area contributed by atoms with E-state index in [2.05, 4.69) is 117 Å². The minimum absolute atomic E-state index is 0.492. The molecule has 400 valence electrons. The first kappa shape index (κ1) is 58.5. The first-order valence-electron chi connectivity index (χ1n) is 25.6. The van der Waals surface area contributed by atoms with E-state index >= 15 is 0 Å². The Balaban J connectivity index is 1.29. The minimum atomic E-state index is 0.492. The summed E-state index contributed by atoms with van der Waals surface area (Å²) in [5.41, 5.74) is 5.00. The van der Waals surface area contributed by atoms with E-state index in [4.69, 9.17) is 56.8 Å². The summed E-state index contributed by atoms with van der Waals surface area (Å²) in [5.74, 6) is 3.36. The molecule has 0 spiro atoms. The molecule has 0 atom stereocenters. The highest BCUT2D eigenvalue weighted by Crippen LogP contribution is 2.20. The predicted octanol–water partition coefficient (Wildman–Crippen LogP) is 6.18. The van der Waals surface area contributed by atoms with E-state index in [1.165, 1.54) is 22.3 Å². The van der Waals surface area contributed by atoms with Gasteiger partial charge in [-0.3, -0.25) is 19.6 Å². The van der Waals surface area contributed by atoms with E-state index in [0.717, 1.165) is 102 Å². The zero-order valence-electron chi connectivity index (χ0n) is 43.7. The van der Waals surface area contributed by atoms with Crippen LogP contribution < -0.4 is 18.9 Å². The molecule has 1 saturated heterocycles. The molecule has 0 aromatic heterocycles. The average molecular weight is 1010 g/mol. The van der Waals surface area contributed by atoms with Crippen LogP contribution in [0.5, 0.6) is 23.0 Å². The molecule has 0 saturated carbocycles. The normalized spacial score (nSPS) is 14.7. The van der Waals surface area contributed by atoms with Gasteiger partial charge in [-0.1, -0.05) is 48.5 Å². The van der Waals surface area contributed by atoms with Crippen LogP contribution in [-0.4, -0.2) is 206 Å². The second-order valence-electron chi connectivity index (χ2n) is 17.5. The fourth-order valence-corrected chi connectivity index (χ4v) is 7.86. The van der Waals surface area contributed by atoms with Gasteiger partial charge in [0.15, 0.2) is 0 Å². The molecule has 1 aliphatic rings. The largest absolute Gasteiger partial charge is 0.491 e. The lowest BCUT2D eigenvalue weighted by Crippen LogP contribution is -2.45. The van der Waals surface area contributed by atoms with Crippen molar-refractivity contribution in [3.8, 4) is 23.0 Å². The molecule has 4 aromatic carbocycles. The molecular formula is C56H84N4O12. The van der Waals surface area contributed by atoms with E-state index < -0.39 is 0 Å². The van der Waals surface area contributed by atoms with Gasteiger partial charge in [0.25, 0.3) is 0 Å². The highest BCUT2D eigenvalue weighted by molar-refractivity contribution is 5.30. The number of rotatable bonds is 36. The Morgan fingerprint density at radius 2 is 0.431 bits per heavy atom. The molecule has 5 rings (SSSR count). The van der Waals surface area contributed by atoms with Gasteiger partial charge in [0.2, 0.25) is 0 Å². The maximum absolute atomic E-state index is 5.99. The Kier molecular flexibility index (Phi) is 30.3. The van der Waals surface area contributed by atoms with Gasteiger partial charge < -0.3 is 56.8 Å². The molecule has 0 radical (unpaired) electrons. The Bertz CT molecular complexity index is 1620. The van der Waals surface area contributed by atoms with Gasteiger partial charge in [-0.25, -0.2) is 0 Å². The number of hydrogen-bond acceptors (Lipinski definition) is 16. The molecule has 0 aliphatic carbocycles. The number of nitrogens with zero attached hydrogens (tertiary/aromatic N) is 4. The van der Waals surface area contributed by atoms with Crippen LogP contribution in [0.1, 0.15) is 22.3 Å². The molecule has 16 nitrogen and oxygen atoms in total. The van der Waals surface area contributed by atoms with Crippen molar-refractivity contribution in [2.24, 2.45) is 0 Å². The summed E-state index contributed by atoms with van der Waals surface area (Å²) in [6, 6.07) is 34.0. The van der Waals surface area contributed by atoms with Crippen LogP contribution in [0.25, 0.3) is 0 Å². The van der Waals surface area contributed by atoms with Crippen molar-refractivity contribution in [3.63, 3.8) is 0 Å². The smallest absolute Gasteiger partial charge is 0.119 e. The summed E-state index contributed by atoms with van der Waals surface area (Å²) < 4.78 is 66.6.